The van der Waals surface area contributed by atoms with Gasteiger partial charge in [0.2, 0.25) is 0 Å². The topological polar surface area (TPSA) is 55.3 Å². The summed E-state index contributed by atoms with van der Waals surface area (Å²) in [4.78, 5) is 22.5. The summed E-state index contributed by atoms with van der Waals surface area (Å²) in [6.07, 6.45) is 3.85. The molecule has 1 aliphatic heterocycles. The third-order valence-electron chi connectivity index (χ3n) is 3.56. The van der Waals surface area contributed by atoms with Gasteiger partial charge in [-0.2, -0.15) is 0 Å². The zero-order chi connectivity index (χ0) is 15.9. The summed E-state index contributed by atoms with van der Waals surface area (Å²) in [5.74, 6) is 0. The molecule has 3 heterocycles. The normalized spacial score (nSPS) is 14.8. The molecule has 0 spiro atoms. The van der Waals surface area contributed by atoms with E-state index in [-0.39, 0.29) is 6.09 Å². The van der Waals surface area contributed by atoms with Crippen molar-refractivity contribution < 1.29 is 9.53 Å². The Hall–Kier alpha value is -1.88. The summed E-state index contributed by atoms with van der Waals surface area (Å²) < 4.78 is 5.43. The minimum atomic E-state index is -0.494. The van der Waals surface area contributed by atoms with E-state index >= 15 is 0 Å². The number of halogens is 1. The Morgan fingerprint density at radius 2 is 2.14 bits per heavy atom. The average Bonchev–Trinajstić information content (AvgIpc) is 2.44. The Bertz CT molecular complexity index is 740. The SMILES string of the molecule is CC(C)(C)OC(=O)N1CCc2c(cnc3nccc(Cl)c23)C1. The second kappa shape index (κ2) is 5.39. The Balaban J connectivity index is 1.91. The Kier molecular flexibility index (Phi) is 3.68. The van der Waals surface area contributed by atoms with E-state index < -0.39 is 5.60 Å². The van der Waals surface area contributed by atoms with E-state index in [2.05, 4.69) is 9.97 Å². The molecule has 0 saturated carbocycles. The van der Waals surface area contributed by atoms with Crippen molar-refractivity contribution in [3.8, 4) is 0 Å². The predicted octanol–water partition coefficient (Wildman–Crippen LogP) is 3.58. The first kappa shape index (κ1) is 15.0. The van der Waals surface area contributed by atoms with Crippen LogP contribution in [0.3, 0.4) is 0 Å². The Morgan fingerprint density at radius 3 is 2.86 bits per heavy atom. The summed E-state index contributed by atoms with van der Waals surface area (Å²) in [6.45, 7) is 6.68. The van der Waals surface area contributed by atoms with E-state index in [0.717, 1.165) is 22.9 Å². The molecule has 0 fully saturated rings. The lowest BCUT2D eigenvalue weighted by Gasteiger charge is -2.31. The molecular formula is C16H18ClN3O2. The van der Waals surface area contributed by atoms with Crippen LogP contribution in [0.5, 0.6) is 0 Å². The lowest BCUT2D eigenvalue weighted by Crippen LogP contribution is -2.40. The molecule has 2 aromatic heterocycles. The van der Waals surface area contributed by atoms with Gasteiger partial charge >= 0.3 is 6.09 Å². The number of aromatic nitrogens is 2. The van der Waals surface area contributed by atoms with Crippen LogP contribution in [0.2, 0.25) is 5.02 Å². The molecule has 0 aliphatic carbocycles. The fourth-order valence-corrected chi connectivity index (χ4v) is 2.87. The van der Waals surface area contributed by atoms with Crippen molar-refractivity contribution in [1.82, 2.24) is 14.9 Å². The summed E-state index contributed by atoms with van der Waals surface area (Å²) in [6, 6.07) is 1.77. The maximum atomic E-state index is 12.2. The Morgan fingerprint density at radius 1 is 1.36 bits per heavy atom. The molecule has 22 heavy (non-hydrogen) atoms. The third kappa shape index (κ3) is 2.86. The van der Waals surface area contributed by atoms with Gasteiger partial charge in [0, 0.05) is 24.3 Å². The number of carbonyl (C=O) groups excluding carboxylic acids is 1. The van der Waals surface area contributed by atoms with Gasteiger partial charge in [-0.1, -0.05) is 11.6 Å². The van der Waals surface area contributed by atoms with Gasteiger partial charge in [0.25, 0.3) is 0 Å². The van der Waals surface area contributed by atoms with Crippen molar-refractivity contribution in [2.45, 2.75) is 39.3 Å². The molecule has 2 aromatic rings. The van der Waals surface area contributed by atoms with Crippen LogP contribution in [0, 0.1) is 0 Å². The number of hydrogen-bond acceptors (Lipinski definition) is 4. The molecule has 6 heteroatoms. The molecular weight excluding hydrogens is 302 g/mol. The largest absolute Gasteiger partial charge is 0.444 e. The van der Waals surface area contributed by atoms with Gasteiger partial charge in [0.1, 0.15) is 5.60 Å². The van der Waals surface area contributed by atoms with E-state index in [1.165, 1.54) is 0 Å². The highest BCUT2D eigenvalue weighted by Crippen LogP contribution is 2.30. The van der Waals surface area contributed by atoms with Crippen molar-refractivity contribution in [3.05, 3.63) is 34.6 Å². The van der Waals surface area contributed by atoms with Crippen LogP contribution in [-0.4, -0.2) is 33.1 Å². The van der Waals surface area contributed by atoms with Crippen molar-refractivity contribution >= 4 is 28.7 Å². The number of hydrogen-bond donors (Lipinski definition) is 0. The zero-order valence-electron chi connectivity index (χ0n) is 12.9. The molecule has 0 N–H and O–H groups in total. The van der Waals surface area contributed by atoms with Crippen LogP contribution in [0.1, 0.15) is 31.9 Å². The maximum Gasteiger partial charge on any atom is 0.410 e. The number of pyridine rings is 2. The van der Waals surface area contributed by atoms with E-state index in [1.54, 1.807) is 23.4 Å². The number of amides is 1. The minimum Gasteiger partial charge on any atom is -0.444 e. The van der Waals surface area contributed by atoms with Gasteiger partial charge in [0.05, 0.1) is 11.6 Å². The fraction of sp³-hybridized carbons (Fsp3) is 0.438. The van der Waals surface area contributed by atoms with Gasteiger partial charge in [0.15, 0.2) is 5.65 Å². The first-order valence-corrected chi connectivity index (χ1v) is 7.62. The summed E-state index contributed by atoms with van der Waals surface area (Å²) in [5, 5.41) is 1.55. The van der Waals surface area contributed by atoms with Gasteiger partial charge in [-0.05, 0) is 44.4 Å². The van der Waals surface area contributed by atoms with Crippen LogP contribution in [0.15, 0.2) is 18.5 Å². The number of carbonyl (C=O) groups is 1. The van der Waals surface area contributed by atoms with Gasteiger partial charge in [-0.25, -0.2) is 14.8 Å². The highest BCUT2D eigenvalue weighted by molar-refractivity contribution is 6.35. The van der Waals surface area contributed by atoms with Crippen molar-refractivity contribution in [2.24, 2.45) is 0 Å². The lowest BCUT2D eigenvalue weighted by molar-refractivity contribution is 0.0224. The fourth-order valence-electron chi connectivity index (χ4n) is 2.62. The molecule has 5 nitrogen and oxygen atoms in total. The molecule has 1 aliphatic rings. The first-order valence-electron chi connectivity index (χ1n) is 7.24. The number of nitrogens with zero attached hydrogens (tertiary/aromatic N) is 3. The molecule has 0 radical (unpaired) electrons. The molecule has 0 unspecified atom stereocenters. The molecule has 3 rings (SSSR count). The molecule has 0 aromatic carbocycles. The number of fused-ring (bicyclic) bond motifs is 3. The van der Waals surface area contributed by atoms with Crippen molar-refractivity contribution in [3.63, 3.8) is 0 Å². The van der Waals surface area contributed by atoms with Crippen LogP contribution >= 0.6 is 11.6 Å². The zero-order valence-corrected chi connectivity index (χ0v) is 13.6. The first-order chi connectivity index (χ1) is 10.3. The van der Waals surface area contributed by atoms with Crippen LogP contribution < -0.4 is 0 Å². The van der Waals surface area contributed by atoms with Gasteiger partial charge in [-0.15, -0.1) is 0 Å². The molecule has 0 atom stereocenters. The molecule has 116 valence electrons. The van der Waals surface area contributed by atoms with E-state index in [0.29, 0.717) is 23.8 Å². The minimum absolute atomic E-state index is 0.296. The van der Waals surface area contributed by atoms with Crippen molar-refractivity contribution in [1.29, 1.82) is 0 Å². The van der Waals surface area contributed by atoms with Crippen LogP contribution in [0.25, 0.3) is 11.0 Å². The average molecular weight is 320 g/mol. The van der Waals surface area contributed by atoms with Crippen LogP contribution in [-0.2, 0) is 17.7 Å². The smallest absolute Gasteiger partial charge is 0.410 e. The quantitative estimate of drug-likeness (QED) is 0.745. The summed E-state index contributed by atoms with van der Waals surface area (Å²) in [5.41, 5.74) is 2.28. The number of rotatable bonds is 0. The Labute approximate surface area is 134 Å². The molecule has 1 amide bonds. The van der Waals surface area contributed by atoms with E-state index in [9.17, 15) is 4.79 Å². The van der Waals surface area contributed by atoms with Gasteiger partial charge in [-0.3, -0.25) is 0 Å². The monoisotopic (exact) mass is 319 g/mol. The van der Waals surface area contributed by atoms with Crippen LogP contribution in [0.4, 0.5) is 4.79 Å². The van der Waals surface area contributed by atoms with E-state index in [1.807, 2.05) is 20.8 Å². The third-order valence-corrected chi connectivity index (χ3v) is 3.87. The van der Waals surface area contributed by atoms with E-state index in [4.69, 9.17) is 16.3 Å². The highest BCUT2D eigenvalue weighted by Gasteiger charge is 2.27. The number of ether oxygens (including phenoxy) is 1. The predicted molar refractivity (Wildman–Crippen MR) is 84.9 cm³/mol. The maximum absolute atomic E-state index is 12.2. The summed E-state index contributed by atoms with van der Waals surface area (Å²) >= 11 is 6.29. The van der Waals surface area contributed by atoms with Gasteiger partial charge < -0.3 is 9.64 Å². The second-order valence-electron chi connectivity index (χ2n) is 6.41. The standard InChI is InChI=1S/C16H18ClN3O2/c1-16(2,3)22-15(21)20-7-5-11-10(9-20)8-19-14-13(11)12(17)4-6-18-14/h4,6,8H,5,7,9H2,1-3H3. The molecule has 0 bridgehead atoms. The van der Waals surface area contributed by atoms with Crippen molar-refractivity contribution in [2.75, 3.05) is 6.54 Å². The lowest BCUT2D eigenvalue weighted by atomic mass is 9.98. The molecule has 0 saturated heterocycles. The second-order valence-corrected chi connectivity index (χ2v) is 6.81. The highest BCUT2D eigenvalue weighted by atomic mass is 35.5. The summed E-state index contributed by atoms with van der Waals surface area (Å²) in [7, 11) is 0.